The van der Waals surface area contributed by atoms with Crippen LogP contribution in [-0.4, -0.2) is 34.9 Å². The Morgan fingerprint density at radius 1 is 1.68 bits per heavy atom. The Labute approximate surface area is 109 Å². The number of aromatic nitrogens is 2. The van der Waals surface area contributed by atoms with E-state index in [1.807, 2.05) is 0 Å². The number of amides is 1. The van der Waals surface area contributed by atoms with Gasteiger partial charge in [0.1, 0.15) is 12.2 Å². The average molecular weight is 273 g/mol. The quantitative estimate of drug-likeness (QED) is 0.883. The molecular weight excluding hydrogens is 256 g/mol. The summed E-state index contributed by atoms with van der Waals surface area (Å²) in [6, 6.07) is 1.29. The minimum Gasteiger partial charge on any atom is -0.376 e. The number of nitrogens with zero attached hydrogens (tertiary/aromatic N) is 2. The second-order valence-corrected chi connectivity index (χ2v) is 4.61. The number of rotatable bonds is 5. The minimum absolute atomic E-state index is 0.0397. The lowest BCUT2D eigenvalue weighted by atomic mass is 10.2. The predicted octanol–water partition coefficient (Wildman–Crippen LogP) is 1.42. The molecule has 0 radical (unpaired) electrons. The Hall–Kier alpha value is -1.50. The number of hydrogen-bond acceptors (Lipinski definition) is 3. The molecule has 2 rings (SSSR count). The van der Waals surface area contributed by atoms with E-state index in [0.29, 0.717) is 18.8 Å². The summed E-state index contributed by atoms with van der Waals surface area (Å²) in [5, 5.41) is 6.58. The summed E-state index contributed by atoms with van der Waals surface area (Å²) < 4.78 is 31.8. The van der Waals surface area contributed by atoms with Crippen molar-refractivity contribution in [1.29, 1.82) is 0 Å². The molecule has 0 saturated carbocycles. The topological polar surface area (TPSA) is 56.2 Å². The number of alkyl halides is 2. The molecule has 0 bridgehead atoms. The van der Waals surface area contributed by atoms with Crippen molar-refractivity contribution < 1.29 is 18.3 Å². The van der Waals surface area contributed by atoms with Crippen LogP contribution in [0.4, 0.5) is 8.78 Å². The van der Waals surface area contributed by atoms with Crippen molar-refractivity contribution >= 4 is 5.91 Å². The number of halogens is 2. The molecule has 5 nitrogen and oxygen atoms in total. The van der Waals surface area contributed by atoms with E-state index in [4.69, 9.17) is 4.74 Å². The number of carbonyl (C=O) groups excluding carboxylic acids is 1. The van der Waals surface area contributed by atoms with E-state index in [2.05, 4.69) is 10.4 Å². The monoisotopic (exact) mass is 273 g/mol. The largest absolute Gasteiger partial charge is 0.376 e. The van der Waals surface area contributed by atoms with Crippen molar-refractivity contribution in [2.75, 3.05) is 13.2 Å². The molecule has 0 aromatic carbocycles. The summed E-state index contributed by atoms with van der Waals surface area (Å²) in [7, 11) is 0. The molecule has 1 aromatic rings. The van der Waals surface area contributed by atoms with Gasteiger partial charge in [0.05, 0.1) is 11.8 Å². The first kappa shape index (κ1) is 13.9. The van der Waals surface area contributed by atoms with E-state index in [9.17, 15) is 13.6 Å². The molecule has 7 heteroatoms. The van der Waals surface area contributed by atoms with Crippen LogP contribution in [0.2, 0.25) is 0 Å². The maximum absolute atomic E-state index is 12.7. The van der Waals surface area contributed by atoms with Crippen LogP contribution in [0.1, 0.15) is 30.7 Å². The fourth-order valence-corrected chi connectivity index (χ4v) is 2.09. The number of ether oxygens (including phenoxy) is 1. The van der Waals surface area contributed by atoms with Gasteiger partial charge in [-0.1, -0.05) is 0 Å². The van der Waals surface area contributed by atoms with Crippen molar-refractivity contribution in [1.82, 2.24) is 15.1 Å². The first-order chi connectivity index (χ1) is 9.06. The van der Waals surface area contributed by atoms with Crippen LogP contribution in [0.15, 0.2) is 6.07 Å². The number of hydrogen-bond donors (Lipinski definition) is 1. The Morgan fingerprint density at radius 2 is 2.47 bits per heavy atom. The summed E-state index contributed by atoms with van der Waals surface area (Å²) in [5.74, 6) is -0.333. The lowest BCUT2D eigenvalue weighted by Gasteiger charge is -2.11. The third kappa shape index (κ3) is 3.73. The normalized spacial score (nSPS) is 19.1. The molecule has 1 fully saturated rings. The van der Waals surface area contributed by atoms with Gasteiger partial charge in [0.25, 0.3) is 6.43 Å². The molecule has 1 aromatic heterocycles. The molecule has 2 heterocycles. The first-order valence-electron chi connectivity index (χ1n) is 6.27. The molecule has 1 unspecified atom stereocenters. The molecule has 1 N–H and O–H groups in total. The summed E-state index contributed by atoms with van der Waals surface area (Å²) in [5.41, 5.74) is 0.243. The molecule has 0 aliphatic carbocycles. The van der Waals surface area contributed by atoms with Gasteiger partial charge < -0.3 is 10.1 Å². The Bertz CT molecular complexity index is 442. The highest BCUT2D eigenvalue weighted by Gasteiger charge is 2.19. The van der Waals surface area contributed by atoms with Gasteiger partial charge in [0, 0.05) is 13.2 Å². The molecule has 1 saturated heterocycles. The molecule has 1 aliphatic heterocycles. The first-order valence-corrected chi connectivity index (χ1v) is 6.27. The van der Waals surface area contributed by atoms with E-state index < -0.39 is 6.43 Å². The van der Waals surface area contributed by atoms with E-state index in [1.165, 1.54) is 6.07 Å². The SMILES string of the molecule is Cc1cc(C(F)F)n(CC(=O)NCC2CCCO2)n1. The Kier molecular flexibility index (Phi) is 4.47. The van der Waals surface area contributed by atoms with Gasteiger partial charge in [-0.25, -0.2) is 8.78 Å². The minimum atomic E-state index is -2.63. The Balaban J connectivity index is 1.87. The van der Waals surface area contributed by atoms with Crippen LogP contribution in [-0.2, 0) is 16.1 Å². The summed E-state index contributed by atoms with van der Waals surface area (Å²) in [6.07, 6.45) is -0.678. The highest BCUT2D eigenvalue weighted by Crippen LogP contribution is 2.19. The number of carbonyl (C=O) groups is 1. The lowest BCUT2D eigenvalue weighted by Crippen LogP contribution is -2.34. The highest BCUT2D eigenvalue weighted by molar-refractivity contribution is 5.75. The molecule has 1 atom stereocenters. The maximum Gasteiger partial charge on any atom is 0.280 e. The van der Waals surface area contributed by atoms with Crippen molar-refractivity contribution in [3.05, 3.63) is 17.5 Å². The van der Waals surface area contributed by atoms with Gasteiger partial charge in [-0.2, -0.15) is 5.10 Å². The molecular formula is C12H17F2N3O2. The van der Waals surface area contributed by atoms with Crippen LogP contribution in [0, 0.1) is 6.92 Å². The fraction of sp³-hybridized carbons (Fsp3) is 0.667. The van der Waals surface area contributed by atoms with Gasteiger partial charge in [-0.05, 0) is 25.8 Å². The number of aryl methyl sites for hydroxylation is 1. The van der Waals surface area contributed by atoms with Crippen LogP contribution in [0.5, 0.6) is 0 Å². The van der Waals surface area contributed by atoms with Gasteiger partial charge in [0.2, 0.25) is 5.91 Å². The third-order valence-corrected chi connectivity index (χ3v) is 3.00. The van der Waals surface area contributed by atoms with E-state index in [-0.39, 0.29) is 24.2 Å². The highest BCUT2D eigenvalue weighted by atomic mass is 19.3. The molecule has 19 heavy (non-hydrogen) atoms. The summed E-state index contributed by atoms with van der Waals surface area (Å²) in [4.78, 5) is 11.7. The van der Waals surface area contributed by atoms with Crippen molar-refractivity contribution in [3.8, 4) is 0 Å². The maximum atomic E-state index is 12.7. The van der Waals surface area contributed by atoms with Gasteiger partial charge >= 0.3 is 0 Å². The third-order valence-electron chi connectivity index (χ3n) is 3.00. The van der Waals surface area contributed by atoms with Crippen LogP contribution < -0.4 is 5.32 Å². The van der Waals surface area contributed by atoms with Crippen LogP contribution >= 0.6 is 0 Å². The van der Waals surface area contributed by atoms with Crippen molar-refractivity contribution in [3.63, 3.8) is 0 Å². The molecule has 0 spiro atoms. The average Bonchev–Trinajstić information content (AvgIpc) is 2.96. The smallest absolute Gasteiger partial charge is 0.280 e. The summed E-state index contributed by atoms with van der Waals surface area (Å²) in [6.45, 7) is 2.56. The van der Waals surface area contributed by atoms with Crippen molar-refractivity contribution in [2.45, 2.75) is 38.8 Å². The predicted molar refractivity (Wildman–Crippen MR) is 63.9 cm³/mol. The molecule has 1 amide bonds. The van der Waals surface area contributed by atoms with Gasteiger partial charge in [0.15, 0.2) is 0 Å². The lowest BCUT2D eigenvalue weighted by molar-refractivity contribution is -0.122. The fourth-order valence-electron chi connectivity index (χ4n) is 2.09. The second-order valence-electron chi connectivity index (χ2n) is 4.61. The van der Waals surface area contributed by atoms with Crippen molar-refractivity contribution in [2.24, 2.45) is 0 Å². The zero-order valence-corrected chi connectivity index (χ0v) is 10.7. The zero-order chi connectivity index (χ0) is 13.8. The summed E-state index contributed by atoms with van der Waals surface area (Å²) >= 11 is 0. The van der Waals surface area contributed by atoms with E-state index in [1.54, 1.807) is 6.92 Å². The van der Waals surface area contributed by atoms with Gasteiger partial charge in [-0.15, -0.1) is 0 Å². The van der Waals surface area contributed by atoms with Crippen LogP contribution in [0.3, 0.4) is 0 Å². The zero-order valence-electron chi connectivity index (χ0n) is 10.7. The van der Waals surface area contributed by atoms with E-state index in [0.717, 1.165) is 17.5 Å². The molecule has 1 aliphatic rings. The van der Waals surface area contributed by atoms with Crippen LogP contribution in [0.25, 0.3) is 0 Å². The Morgan fingerprint density at radius 3 is 3.11 bits per heavy atom. The molecule has 106 valence electrons. The van der Waals surface area contributed by atoms with E-state index >= 15 is 0 Å². The number of nitrogens with one attached hydrogen (secondary N) is 1. The second kappa shape index (κ2) is 6.10. The standard InChI is InChI=1S/C12H17F2N3O2/c1-8-5-10(12(13)14)17(16-8)7-11(18)15-6-9-3-2-4-19-9/h5,9,12H,2-4,6-7H2,1H3,(H,15,18). The van der Waals surface area contributed by atoms with Gasteiger partial charge in [-0.3, -0.25) is 9.48 Å².